The standard InChI is InChI=1S/C27H29FN7S/c1-15-6-8-35(14-20(15)29)26-25-19-9-16(28)10-22(30-2)18(19)12-23(25)32-27(33-26)36-17-11-24-21(31-13-17)5-4-7-34(24)3/h4-5,7,9-11,13,15,20,30H,6,8,12,14,29H2,1-3H3/q+1/t15-,20+/m0/s1. The summed E-state index contributed by atoms with van der Waals surface area (Å²) in [5, 5.41) is 3.82. The second kappa shape index (κ2) is 8.97. The van der Waals surface area contributed by atoms with Gasteiger partial charge in [0, 0.05) is 67.1 Å². The van der Waals surface area contributed by atoms with E-state index in [0.717, 1.165) is 62.8 Å². The molecule has 2 aliphatic rings. The number of benzene rings is 1. The van der Waals surface area contributed by atoms with Crippen molar-refractivity contribution in [2.24, 2.45) is 18.7 Å². The molecule has 0 spiro atoms. The predicted octanol–water partition coefficient (Wildman–Crippen LogP) is 3.93. The Kier molecular flexibility index (Phi) is 5.76. The van der Waals surface area contributed by atoms with E-state index >= 15 is 0 Å². The van der Waals surface area contributed by atoms with Crippen molar-refractivity contribution in [1.29, 1.82) is 0 Å². The maximum absolute atomic E-state index is 14.6. The Morgan fingerprint density at radius 1 is 1.25 bits per heavy atom. The van der Waals surface area contributed by atoms with Gasteiger partial charge in [-0.05, 0) is 53.4 Å². The molecule has 0 radical (unpaired) electrons. The molecule has 4 aromatic rings. The molecule has 1 aromatic carbocycles. The molecule has 3 N–H and O–H groups in total. The summed E-state index contributed by atoms with van der Waals surface area (Å²) in [5.74, 6) is 1.03. The molecule has 6 rings (SSSR count). The van der Waals surface area contributed by atoms with Crippen molar-refractivity contribution in [3.63, 3.8) is 0 Å². The van der Waals surface area contributed by atoms with Crippen LogP contribution in [0.2, 0.25) is 0 Å². The molecule has 0 amide bonds. The first-order valence-electron chi connectivity index (χ1n) is 12.3. The quantitative estimate of drug-likeness (QED) is 0.285. The highest BCUT2D eigenvalue weighted by Gasteiger charge is 2.33. The van der Waals surface area contributed by atoms with Gasteiger partial charge in [-0.15, -0.1) is 0 Å². The Hall–Kier alpha value is -3.30. The predicted molar refractivity (Wildman–Crippen MR) is 141 cm³/mol. The van der Waals surface area contributed by atoms with Crippen molar-refractivity contribution in [3.05, 3.63) is 59.8 Å². The van der Waals surface area contributed by atoms with Crippen LogP contribution in [-0.4, -0.2) is 41.1 Å². The van der Waals surface area contributed by atoms with Crippen LogP contribution < -0.4 is 20.5 Å². The topological polar surface area (TPSA) is 83.8 Å². The number of nitrogens with one attached hydrogen (secondary N) is 1. The van der Waals surface area contributed by atoms with Crippen molar-refractivity contribution < 1.29 is 8.96 Å². The van der Waals surface area contributed by atoms with Gasteiger partial charge < -0.3 is 16.0 Å². The number of pyridine rings is 2. The Morgan fingerprint density at radius 2 is 2.11 bits per heavy atom. The molecule has 1 fully saturated rings. The van der Waals surface area contributed by atoms with Crippen LogP contribution in [-0.2, 0) is 13.5 Å². The van der Waals surface area contributed by atoms with Crippen LogP contribution in [0.4, 0.5) is 15.9 Å². The zero-order valence-electron chi connectivity index (χ0n) is 20.6. The number of aryl methyl sites for hydroxylation is 1. The maximum Gasteiger partial charge on any atom is 0.232 e. The highest BCUT2D eigenvalue weighted by molar-refractivity contribution is 7.99. The van der Waals surface area contributed by atoms with E-state index in [4.69, 9.17) is 15.7 Å². The molecule has 0 bridgehead atoms. The first-order valence-corrected chi connectivity index (χ1v) is 13.1. The number of halogens is 1. The molecular weight excluding hydrogens is 473 g/mol. The van der Waals surface area contributed by atoms with E-state index in [0.29, 0.717) is 24.0 Å². The molecule has 3 aromatic heterocycles. The molecule has 1 saturated heterocycles. The van der Waals surface area contributed by atoms with Crippen LogP contribution in [0.15, 0.2) is 52.8 Å². The molecule has 9 heteroatoms. The zero-order chi connectivity index (χ0) is 25.0. The van der Waals surface area contributed by atoms with Crippen LogP contribution in [0.5, 0.6) is 0 Å². The van der Waals surface area contributed by atoms with Gasteiger partial charge in [-0.1, -0.05) is 6.92 Å². The van der Waals surface area contributed by atoms with Crippen LogP contribution in [0.3, 0.4) is 0 Å². The van der Waals surface area contributed by atoms with Crippen LogP contribution >= 0.6 is 11.8 Å². The first-order chi connectivity index (χ1) is 17.4. The van der Waals surface area contributed by atoms with Gasteiger partial charge in [0.25, 0.3) is 0 Å². The van der Waals surface area contributed by atoms with Crippen LogP contribution in [0.25, 0.3) is 22.2 Å². The van der Waals surface area contributed by atoms with Gasteiger partial charge in [0.05, 0.1) is 5.69 Å². The lowest BCUT2D eigenvalue weighted by molar-refractivity contribution is -0.645. The number of fused-ring (bicyclic) bond motifs is 4. The average molecular weight is 503 g/mol. The molecule has 184 valence electrons. The summed E-state index contributed by atoms with van der Waals surface area (Å²) in [6.45, 7) is 3.77. The summed E-state index contributed by atoms with van der Waals surface area (Å²) in [6.07, 6.45) is 5.50. The third-order valence-corrected chi connectivity index (χ3v) is 8.21. The summed E-state index contributed by atoms with van der Waals surface area (Å²) in [7, 11) is 3.84. The largest absolute Gasteiger partial charge is 0.388 e. The lowest BCUT2D eigenvalue weighted by Crippen LogP contribution is -2.48. The zero-order valence-corrected chi connectivity index (χ0v) is 21.4. The SMILES string of the molecule is CNc1cc(F)cc2c1Cc1nc(Sc3cnc4ccc[n+](C)c4c3)nc(N3CC[C@H](C)[C@H](N)C3)c1-2. The van der Waals surface area contributed by atoms with E-state index in [-0.39, 0.29) is 11.9 Å². The van der Waals surface area contributed by atoms with Gasteiger partial charge in [-0.25, -0.2) is 19.3 Å². The molecule has 7 nitrogen and oxygen atoms in total. The number of nitrogens with zero attached hydrogens (tertiary/aromatic N) is 5. The van der Waals surface area contributed by atoms with E-state index in [1.165, 1.54) is 11.8 Å². The number of piperidine rings is 1. The second-order valence-corrected chi connectivity index (χ2v) is 10.8. The van der Waals surface area contributed by atoms with E-state index in [1.807, 2.05) is 38.6 Å². The minimum Gasteiger partial charge on any atom is -0.388 e. The van der Waals surface area contributed by atoms with Gasteiger partial charge in [-0.3, -0.25) is 0 Å². The molecule has 0 saturated carbocycles. The Morgan fingerprint density at radius 3 is 2.92 bits per heavy atom. The summed E-state index contributed by atoms with van der Waals surface area (Å²) < 4.78 is 16.6. The molecule has 1 aliphatic carbocycles. The Balaban J connectivity index is 1.46. The highest BCUT2D eigenvalue weighted by Crippen LogP contribution is 2.46. The van der Waals surface area contributed by atoms with E-state index in [1.54, 1.807) is 12.1 Å². The summed E-state index contributed by atoms with van der Waals surface area (Å²) in [6, 6.07) is 9.33. The maximum atomic E-state index is 14.6. The van der Waals surface area contributed by atoms with E-state index < -0.39 is 0 Å². The lowest BCUT2D eigenvalue weighted by atomic mass is 9.94. The molecular formula is C27H29FN7S+. The second-order valence-electron chi connectivity index (χ2n) is 9.73. The van der Waals surface area contributed by atoms with Crippen molar-refractivity contribution >= 4 is 34.3 Å². The average Bonchev–Trinajstić information content (AvgIpc) is 3.23. The van der Waals surface area contributed by atoms with Crippen molar-refractivity contribution in [2.75, 3.05) is 30.4 Å². The van der Waals surface area contributed by atoms with Crippen LogP contribution in [0.1, 0.15) is 24.6 Å². The number of hydrogen-bond acceptors (Lipinski definition) is 7. The fourth-order valence-corrected chi connectivity index (χ4v) is 6.02. The number of aromatic nitrogens is 4. The first kappa shape index (κ1) is 23.1. The molecule has 0 unspecified atom stereocenters. The van der Waals surface area contributed by atoms with Gasteiger partial charge in [-0.2, -0.15) is 4.57 Å². The van der Waals surface area contributed by atoms with Crippen LogP contribution in [0, 0.1) is 11.7 Å². The van der Waals surface area contributed by atoms with Gasteiger partial charge in [0.1, 0.15) is 24.2 Å². The van der Waals surface area contributed by atoms with Gasteiger partial charge >= 0.3 is 0 Å². The van der Waals surface area contributed by atoms with Crippen molar-refractivity contribution in [1.82, 2.24) is 15.0 Å². The van der Waals surface area contributed by atoms with Crippen molar-refractivity contribution in [2.45, 2.75) is 35.9 Å². The fourth-order valence-electron chi connectivity index (χ4n) is 5.24. The lowest BCUT2D eigenvalue weighted by Gasteiger charge is -2.36. The third-order valence-electron chi connectivity index (χ3n) is 7.38. The minimum atomic E-state index is -0.269. The van der Waals surface area contributed by atoms with E-state index in [2.05, 4.69) is 32.8 Å². The number of nitrogens with two attached hydrogens (primary N) is 1. The smallest absolute Gasteiger partial charge is 0.232 e. The molecule has 36 heavy (non-hydrogen) atoms. The fraction of sp³-hybridized carbons (Fsp3) is 0.333. The van der Waals surface area contributed by atoms with Gasteiger partial charge in [0.2, 0.25) is 5.52 Å². The normalized spacial score (nSPS) is 18.9. The molecule has 1 aliphatic heterocycles. The minimum absolute atomic E-state index is 0.0615. The monoisotopic (exact) mass is 502 g/mol. The summed E-state index contributed by atoms with van der Waals surface area (Å²) in [5.41, 5.74) is 13.0. The van der Waals surface area contributed by atoms with E-state index in [9.17, 15) is 4.39 Å². The van der Waals surface area contributed by atoms with Crippen molar-refractivity contribution in [3.8, 4) is 11.1 Å². The molecule has 4 heterocycles. The number of hydrogen-bond donors (Lipinski definition) is 2. The molecule has 2 atom stereocenters. The highest BCUT2D eigenvalue weighted by atomic mass is 32.2. The summed E-state index contributed by atoms with van der Waals surface area (Å²) in [4.78, 5) is 17.9. The Labute approximate surface area is 214 Å². The summed E-state index contributed by atoms with van der Waals surface area (Å²) >= 11 is 1.50. The number of anilines is 2. The Bertz CT molecular complexity index is 1490. The van der Waals surface area contributed by atoms with Gasteiger partial charge in [0.15, 0.2) is 11.4 Å². The number of rotatable bonds is 4. The third kappa shape index (κ3) is 3.96.